The van der Waals surface area contributed by atoms with Gasteiger partial charge in [0.25, 0.3) is 5.24 Å². The fourth-order valence-corrected chi connectivity index (χ4v) is 1.88. The van der Waals surface area contributed by atoms with E-state index in [-0.39, 0.29) is 17.6 Å². The summed E-state index contributed by atoms with van der Waals surface area (Å²) in [6.45, 7) is 0.322. The Morgan fingerprint density at radius 2 is 2.33 bits per heavy atom. The van der Waals surface area contributed by atoms with E-state index in [0.717, 1.165) is 11.8 Å². The van der Waals surface area contributed by atoms with Crippen LogP contribution in [0.3, 0.4) is 0 Å². The number of carbonyl (C=O) groups excluding carboxylic acids is 2. The van der Waals surface area contributed by atoms with Gasteiger partial charge in [0, 0.05) is 18.7 Å². The van der Waals surface area contributed by atoms with E-state index >= 15 is 0 Å². The molecular weight excluding hydrogens is 220 g/mol. The number of aliphatic carboxylic acids is 1. The second kappa shape index (κ2) is 5.59. The molecule has 1 aliphatic heterocycles. The lowest BCUT2D eigenvalue weighted by atomic mass is 10.3. The lowest BCUT2D eigenvalue weighted by molar-refractivity contribution is -0.137. The van der Waals surface area contributed by atoms with Crippen molar-refractivity contribution in [2.75, 3.05) is 12.3 Å². The first kappa shape index (κ1) is 11.8. The van der Waals surface area contributed by atoms with Crippen LogP contribution in [0.1, 0.15) is 12.8 Å². The molecule has 0 aromatic rings. The minimum Gasteiger partial charge on any atom is -0.481 e. The van der Waals surface area contributed by atoms with E-state index in [1.165, 1.54) is 0 Å². The van der Waals surface area contributed by atoms with Crippen LogP contribution in [0.5, 0.6) is 0 Å². The quantitative estimate of drug-likeness (QED) is 0.570. The topological polar surface area (TPSA) is 95.5 Å². The van der Waals surface area contributed by atoms with Gasteiger partial charge in [-0.15, -0.1) is 0 Å². The number of amides is 2. The highest BCUT2D eigenvalue weighted by Gasteiger charge is 2.27. The Bertz CT molecular complexity index is 282. The Balaban J connectivity index is 2.13. The number of hydrogen-bond acceptors (Lipinski definition) is 4. The summed E-state index contributed by atoms with van der Waals surface area (Å²) in [6, 6.07) is -0.479. The van der Waals surface area contributed by atoms with Crippen molar-refractivity contribution < 1.29 is 19.5 Å². The Kier molecular flexibility index (Phi) is 4.41. The zero-order valence-electron chi connectivity index (χ0n) is 7.99. The summed E-state index contributed by atoms with van der Waals surface area (Å²) in [5.74, 6) is -0.698. The molecule has 1 rings (SSSR count). The average molecular weight is 232 g/mol. The molecule has 0 aliphatic carbocycles. The van der Waals surface area contributed by atoms with E-state index in [9.17, 15) is 14.4 Å². The molecule has 0 aromatic carbocycles. The predicted octanol–water partition coefficient (Wildman–Crippen LogP) is -0.208. The maximum atomic E-state index is 11.3. The molecule has 1 heterocycles. The molecule has 0 spiro atoms. The molecule has 1 aliphatic rings. The molecule has 0 bridgehead atoms. The first-order chi connectivity index (χ1) is 7.09. The molecular formula is C8H12N2O4S. The Labute approximate surface area is 90.8 Å². The van der Waals surface area contributed by atoms with Crippen LogP contribution in [0.2, 0.25) is 0 Å². The SMILES string of the molecule is O=C(O)CCCNC(=O)[C@@H]1CSC(=O)N1. The summed E-state index contributed by atoms with van der Waals surface area (Å²) in [4.78, 5) is 32.3. The smallest absolute Gasteiger partial charge is 0.303 e. The molecule has 6 nitrogen and oxygen atoms in total. The lowest BCUT2D eigenvalue weighted by Gasteiger charge is -2.09. The van der Waals surface area contributed by atoms with Gasteiger partial charge in [-0.2, -0.15) is 0 Å². The second-order valence-corrected chi connectivity index (χ2v) is 4.08. The lowest BCUT2D eigenvalue weighted by Crippen LogP contribution is -2.43. The summed E-state index contributed by atoms with van der Waals surface area (Å²) in [5.41, 5.74) is 0. The molecule has 2 amide bonds. The van der Waals surface area contributed by atoms with E-state index in [1.807, 2.05) is 0 Å². The van der Waals surface area contributed by atoms with Crippen molar-refractivity contribution in [2.24, 2.45) is 0 Å². The third kappa shape index (κ3) is 4.20. The van der Waals surface area contributed by atoms with Crippen molar-refractivity contribution in [1.82, 2.24) is 10.6 Å². The monoisotopic (exact) mass is 232 g/mol. The molecule has 0 radical (unpaired) electrons. The summed E-state index contributed by atoms with van der Waals surface area (Å²) in [7, 11) is 0. The van der Waals surface area contributed by atoms with Crippen molar-refractivity contribution in [3.8, 4) is 0 Å². The number of carboxylic acids is 1. The molecule has 0 aromatic heterocycles. The Morgan fingerprint density at radius 3 is 2.87 bits per heavy atom. The zero-order valence-corrected chi connectivity index (χ0v) is 8.80. The molecule has 0 saturated carbocycles. The number of rotatable bonds is 5. The van der Waals surface area contributed by atoms with Gasteiger partial charge in [0.2, 0.25) is 5.91 Å². The Morgan fingerprint density at radius 1 is 1.60 bits per heavy atom. The van der Waals surface area contributed by atoms with Crippen molar-refractivity contribution in [1.29, 1.82) is 0 Å². The van der Waals surface area contributed by atoms with Gasteiger partial charge < -0.3 is 15.7 Å². The van der Waals surface area contributed by atoms with Gasteiger partial charge in [-0.05, 0) is 6.42 Å². The zero-order chi connectivity index (χ0) is 11.3. The van der Waals surface area contributed by atoms with Crippen molar-refractivity contribution in [3.05, 3.63) is 0 Å². The fraction of sp³-hybridized carbons (Fsp3) is 0.625. The van der Waals surface area contributed by atoms with Crippen LogP contribution in [-0.4, -0.2) is 40.6 Å². The van der Waals surface area contributed by atoms with Crippen LogP contribution < -0.4 is 10.6 Å². The van der Waals surface area contributed by atoms with Crippen molar-refractivity contribution in [2.45, 2.75) is 18.9 Å². The second-order valence-electron chi connectivity index (χ2n) is 3.08. The third-order valence-electron chi connectivity index (χ3n) is 1.86. The largest absolute Gasteiger partial charge is 0.481 e. The number of hydrogen-bond donors (Lipinski definition) is 3. The van der Waals surface area contributed by atoms with Gasteiger partial charge in [-0.1, -0.05) is 11.8 Å². The molecule has 15 heavy (non-hydrogen) atoms. The molecule has 7 heteroatoms. The minimum absolute atomic E-state index is 0.0338. The average Bonchev–Trinajstić information content (AvgIpc) is 2.59. The number of thioether (sulfide) groups is 1. The first-order valence-electron chi connectivity index (χ1n) is 4.52. The van der Waals surface area contributed by atoms with E-state index < -0.39 is 12.0 Å². The van der Waals surface area contributed by atoms with Crippen LogP contribution >= 0.6 is 11.8 Å². The van der Waals surface area contributed by atoms with Crippen LogP contribution in [0, 0.1) is 0 Å². The van der Waals surface area contributed by atoms with Gasteiger partial charge in [0.1, 0.15) is 6.04 Å². The maximum absolute atomic E-state index is 11.3. The number of carboxylic acid groups (broad SMARTS) is 1. The van der Waals surface area contributed by atoms with Gasteiger partial charge in [-0.25, -0.2) is 0 Å². The standard InChI is InChI=1S/C8H12N2O4S/c11-6(12)2-1-3-9-7(13)5-4-15-8(14)10-5/h5H,1-4H2,(H,9,13)(H,10,14)(H,11,12)/t5-/m0/s1. The van der Waals surface area contributed by atoms with E-state index in [2.05, 4.69) is 10.6 Å². The first-order valence-corrected chi connectivity index (χ1v) is 5.51. The van der Waals surface area contributed by atoms with Crippen LogP contribution in [0.15, 0.2) is 0 Å². The number of nitrogens with one attached hydrogen (secondary N) is 2. The highest BCUT2D eigenvalue weighted by Crippen LogP contribution is 2.12. The molecule has 1 fully saturated rings. The molecule has 1 saturated heterocycles. The highest BCUT2D eigenvalue weighted by molar-refractivity contribution is 8.14. The summed E-state index contributed by atoms with van der Waals surface area (Å²) < 4.78 is 0. The highest BCUT2D eigenvalue weighted by atomic mass is 32.2. The fourth-order valence-electron chi connectivity index (χ4n) is 1.10. The van der Waals surface area contributed by atoms with Gasteiger partial charge in [0.05, 0.1) is 0 Å². The predicted molar refractivity (Wildman–Crippen MR) is 54.7 cm³/mol. The summed E-state index contributed by atoms with van der Waals surface area (Å²) in [5, 5.41) is 13.2. The molecule has 3 N–H and O–H groups in total. The normalized spacial score (nSPS) is 19.7. The number of carbonyl (C=O) groups is 3. The maximum Gasteiger partial charge on any atom is 0.303 e. The molecule has 1 atom stereocenters. The van der Waals surface area contributed by atoms with Gasteiger partial charge >= 0.3 is 5.97 Å². The minimum atomic E-state index is -0.881. The van der Waals surface area contributed by atoms with Gasteiger partial charge in [0.15, 0.2) is 0 Å². The van der Waals surface area contributed by atoms with Crippen LogP contribution in [0.25, 0.3) is 0 Å². The van der Waals surface area contributed by atoms with Gasteiger partial charge in [-0.3, -0.25) is 14.4 Å². The van der Waals surface area contributed by atoms with Crippen LogP contribution in [0.4, 0.5) is 4.79 Å². The van der Waals surface area contributed by atoms with Crippen molar-refractivity contribution in [3.63, 3.8) is 0 Å². The molecule has 0 unspecified atom stereocenters. The Hall–Kier alpha value is -1.24. The van der Waals surface area contributed by atoms with Crippen LogP contribution in [-0.2, 0) is 9.59 Å². The van der Waals surface area contributed by atoms with Crippen molar-refractivity contribution >= 4 is 28.9 Å². The van der Waals surface area contributed by atoms with E-state index in [1.54, 1.807) is 0 Å². The molecule has 84 valence electrons. The van der Waals surface area contributed by atoms with E-state index in [4.69, 9.17) is 5.11 Å². The van der Waals surface area contributed by atoms with E-state index in [0.29, 0.717) is 18.7 Å². The third-order valence-corrected chi connectivity index (χ3v) is 2.74. The summed E-state index contributed by atoms with van der Waals surface area (Å²) in [6.07, 6.45) is 0.431. The summed E-state index contributed by atoms with van der Waals surface area (Å²) >= 11 is 1.07.